The maximum absolute atomic E-state index is 12.3. The Balaban J connectivity index is 0.00000176. The predicted molar refractivity (Wildman–Crippen MR) is 82.1 cm³/mol. The number of pyridine rings is 1. The molecule has 2 nitrogen and oxygen atoms in total. The van der Waals surface area contributed by atoms with Crippen molar-refractivity contribution < 1.29 is 26.3 Å². The molecule has 0 saturated carbocycles. The first-order valence-electron chi connectivity index (χ1n) is 6.96. The number of aromatic nitrogens is 1. The molecule has 0 aliphatic rings. The topological polar surface area (TPSA) is 20.9 Å². The van der Waals surface area contributed by atoms with Crippen LogP contribution < -0.4 is 21.5 Å². The number of hydrogen-bond donors (Lipinski definition) is 0. The highest BCUT2D eigenvalue weighted by atomic mass is 79.9. The van der Waals surface area contributed by atoms with Gasteiger partial charge in [-0.05, 0) is 0 Å². The van der Waals surface area contributed by atoms with E-state index in [0.717, 1.165) is 17.7 Å². The minimum Gasteiger partial charge on any atom is -1.00 e. The summed E-state index contributed by atoms with van der Waals surface area (Å²) < 4.78 is 2.11. The number of carbonyl (C=O) groups excluding carboxylic acids is 1. The fraction of sp³-hybridized carbons (Fsp3) is 0.0526. The molecule has 0 radical (unpaired) electrons. The van der Waals surface area contributed by atoms with Crippen molar-refractivity contribution in [2.45, 2.75) is 6.54 Å². The van der Waals surface area contributed by atoms with E-state index in [4.69, 9.17) is 0 Å². The van der Waals surface area contributed by atoms with E-state index >= 15 is 0 Å². The molecule has 110 valence electrons. The molecule has 0 amide bonds. The van der Waals surface area contributed by atoms with Crippen molar-refractivity contribution in [3.63, 3.8) is 0 Å². The molecular formula is C19H16BrNO. The van der Waals surface area contributed by atoms with Crippen LogP contribution in [-0.2, 0) is 6.54 Å². The zero-order valence-corrected chi connectivity index (χ0v) is 13.6. The molecule has 0 unspecified atom stereocenters. The Hall–Kier alpha value is -2.26. The van der Waals surface area contributed by atoms with Crippen LogP contribution in [0.5, 0.6) is 0 Å². The predicted octanol–water partition coefficient (Wildman–Crippen LogP) is 0.257. The van der Waals surface area contributed by atoms with Gasteiger partial charge in [-0.25, -0.2) is 4.57 Å². The Morgan fingerprint density at radius 1 is 0.727 bits per heavy atom. The van der Waals surface area contributed by atoms with Crippen molar-refractivity contribution in [1.82, 2.24) is 0 Å². The zero-order valence-electron chi connectivity index (χ0n) is 12.0. The van der Waals surface area contributed by atoms with Gasteiger partial charge in [0.2, 0.25) is 0 Å². The maximum Gasteiger partial charge on any atom is 0.193 e. The highest BCUT2D eigenvalue weighted by molar-refractivity contribution is 6.08. The quantitative estimate of drug-likeness (QED) is 0.486. The third kappa shape index (κ3) is 3.89. The van der Waals surface area contributed by atoms with Gasteiger partial charge < -0.3 is 17.0 Å². The van der Waals surface area contributed by atoms with E-state index in [-0.39, 0.29) is 22.8 Å². The van der Waals surface area contributed by atoms with E-state index in [9.17, 15) is 4.79 Å². The van der Waals surface area contributed by atoms with E-state index in [1.165, 1.54) is 5.56 Å². The van der Waals surface area contributed by atoms with Crippen LogP contribution in [0, 0.1) is 0 Å². The lowest BCUT2D eigenvalue weighted by atomic mass is 10.0. The summed E-state index contributed by atoms with van der Waals surface area (Å²) in [4.78, 5) is 12.3. The Morgan fingerprint density at radius 3 is 1.91 bits per heavy atom. The second-order valence-electron chi connectivity index (χ2n) is 4.94. The van der Waals surface area contributed by atoms with Crippen molar-refractivity contribution in [1.29, 1.82) is 0 Å². The SMILES string of the molecule is O=C(c1ccccc1)c1ccc(C[n+]2ccccc2)cc1.[Br-]. The summed E-state index contributed by atoms with van der Waals surface area (Å²) in [6, 6.07) is 23.2. The number of rotatable bonds is 4. The first-order valence-corrected chi connectivity index (χ1v) is 6.96. The maximum atomic E-state index is 12.3. The molecule has 0 bridgehead atoms. The Morgan fingerprint density at radius 2 is 1.27 bits per heavy atom. The van der Waals surface area contributed by atoms with E-state index < -0.39 is 0 Å². The van der Waals surface area contributed by atoms with Gasteiger partial charge in [-0.3, -0.25) is 4.79 Å². The van der Waals surface area contributed by atoms with Crippen molar-refractivity contribution >= 4 is 5.78 Å². The summed E-state index contributed by atoms with van der Waals surface area (Å²) in [6.45, 7) is 0.806. The van der Waals surface area contributed by atoms with Crippen molar-refractivity contribution in [3.8, 4) is 0 Å². The van der Waals surface area contributed by atoms with E-state index in [0.29, 0.717) is 0 Å². The third-order valence-electron chi connectivity index (χ3n) is 3.39. The lowest BCUT2D eigenvalue weighted by molar-refractivity contribution is -0.688. The van der Waals surface area contributed by atoms with Gasteiger partial charge in [0.15, 0.2) is 24.7 Å². The summed E-state index contributed by atoms with van der Waals surface area (Å²) in [6.07, 6.45) is 4.06. The van der Waals surface area contributed by atoms with Crippen molar-refractivity contribution in [3.05, 3.63) is 102 Å². The minimum atomic E-state index is 0. The summed E-state index contributed by atoms with van der Waals surface area (Å²) >= 11 is 0. The first-order chi connectivity index (χ1) is 10.3. The van der Waals surface area contributed by atoms with Crippen LogP contribution in [0.15, 0.2) is 85.2 Å². The average Bonchev–Trinajstić information content (AvgIpc) is 2.57. The molecule has 3 rings (SSSR count). The van der Waals surface area contributed by atoms with Gasteiger partial charge in [0.1, 0.15) is 0 Å². The standard InChI is InChI=1S/C19H16NO.BrH/c21-19(17-7-3-1-4-8-17)18-11-9-16(10-12-18)15-20-13-5-2-6-14-20;/h1-14H,15H2;1H/q+1;/p-1. The molecule has 0 fully saturated rings. The minimum absolute atomic E-state index is 0. The molecule has 0 N–H and O–H groups in total. The Labute approximate surface area is 140 Å². The van der Waals surface area contributed by atoms with Gasteiger partial charge in [-0.2, -0.15) is 0 Å². The number of carbonyl (C=O) groups is 1. The normalized spacial score (nSPS) is 9.82. The van der Waals surface area contributed by atoms with E-state index in [1.54, 1.807) is 0 Å². The molecule has 3 aromatic rings. The summed E-state index contributed by atoms with van der Waals surface area (Å²) in [5, 5.41) is 0. The average molecular weight is 354 g/mol. The largest absolute Gasteiger partial charge is 1.00 e. The zero-order chi connectivity index (χ0) is 14.5. The smallest absolute Gasteiger partial charge is 0.193 e. The lowest BCUT2D eigenvalue weighted by Crippen LogP contribution is -3.00. The molecule has 0 atom stereocenters. The summed E-state index contributed by atoms with van der Waals surface area (Å²) in [5.41, 5.74) is 2.63. The summed E-state index contributed by atoms with van der Waals surface area (Å²) in [7, 11) is 0. The fourth-order valence-corrected chi connectivity index (χ4v) is 2.27. The molecule has 1 heterocycles. The van der Waals surface area contributed by atoms with E-state index in [1.807, 2.05) is 85.2 Å². The van der Waals surface area contributed by atoms with Crippen LogP contribution in [0.1, 0.15) is 21.5 Å². The molecule has 2 aromatic carbocycles. The molecule has 1 aromatic heterocycles. The lowest BCUT2D eigenvalue weighted by Gasteiger charge is -2.02. The van der Waals surface area contributed by atoms with Gasteiger partial charge in [0.05, 0.1) is 0 Å². The second kappa shape index (κ2) is 7.66. The summed E-state index contributed by atoms with van der Waals surface area (Å²) in [5.74, 6) is 0.0644. The highest BCUT2D eigenvalue weighted by Gasteiger charge is 2.09. The van der Waals surface area contributed by atoms with Gasteiger partial charge in [0.25, 0.3) is 0 Å². The van der Waals surface area contributed by atoms with Gasteiger partial charge in [-0.15, -0.1) is 0 Å². The molecular weight excluding hydrogens is 338 g/mol. The number of nitrogens with zero attached hydrogens (tertiary/aromatic N) is 1. The Kier molecular flexibility index (Phi) is 5.61. The van der Waals surface area contributed by atoms with Gasteiger partial charge >= 0.3 is 0 Å². The molecule has 0 aliphatic heterocycles. The Bertz CT molecular complexity index is 724. The van der Waals surface area contributed by atoms with Crippen LogP contribution in [-0.4, -0.2) is 5.78 Å². The molecule has 22 heavy (non-hydrogen) atoms. The van der Waals surface area contributed by atoms with E-state index in [2.05, 4.69) is 4.57 Å². The first kappa shape index (κ1) is 16.1. The highest BCUT2D eigenvalue weighted by Crippen LogP contribution is 2.11. The van der Waals surface area contributed by atoms with Crippen molar-refractivity contribution in [2.75, 3.05) is 0 Å². The van der Waals surface area contributed by atoms with Crippen molar-refractivity contribution in [2.24, 2.45) is 0 Å². The number of benzene rings is 2. The van der Waals surface area contributed by atoms with Crippen LogP contribution in [0.3, 0.4) is 0 Å². The number of hydrogen-bond acceptors (Lipinski definition) is 1. The fourth-order valence-electron chi connectivity index (χ4n) is 2.27. The number of halogens is 1. The van der Waals surface area contributed by atoms with Crippen LogP contribution in [0.2, 0.25) is 0 Å². The number of ketones is 1. The molecule has 0 saturated heterocycles. The van der Waals surface area contributed by atoms with Crippen LogP contribution >= 0.6 is 0 Å². The molecule has 0 spiro atoms. The van der Waals surface area contributed by atoms with Crippen LogP contribution in [0.4, 0.5) is 0 Å². The molecule has 0 aliphatic carbocycles. The third-order valence-corrected chi connectivity index (χ3v) is 3.39. The second-order valence-corrected chi connectivity index (χ2v) is 4.94. The molecule has 3 heteroatoms. The van der Waals surface area contributed by atoms with Gasteiger partial charge in [0, 0.05) is 28.8 Å². The van der Waals surface area contributed by atoms with Gasteiger partial charge in [-0.1, -0.05) is 60.7 Å². The monoisotopic (exact) mass is 353 g/mol. The van der Waals surface area contributed by atoms with Crippen LogP contribution in [0.25, 0.3) is 0 Å².